The van der Waals surface area contributed by atoms with E-state index in [4.69, 9.17) is 9.57 Å². The minimum Gasteiger partial charge on any atom is -0.394 e. The molecule has 1 aromatic heterocycles. The normalized spacial score (nSPS) is 19.3. The number of carbonyl (C=O) groups is 1. The molecule has 2 fully saturated rings. The van der Waals surface area contributed by atoms with E-state index in [-0.39, 0.29) is 19.0 Å². The maximum absolute atomic E-state index is 13.7. The molecule has 1 atom stereocenters. The first-order chi connectivity index (χ1) is 21.4. The molecular weight excluding hydrogens is 606 g/mol. The van der Waals surface area contributed by atoms with Crippen LogP contribution in [0, 0.1) is 0 Å². The number of halogens is 6. The highest BCUT2D eigenvalue weighted by molar-refractivity contribution is 5.95. The van der Waals surface area contributed by atoms with Crippen molar-refractivity contribution in [2.45, 2.75) is 31.7 Å². The van der Waals surface area contributed by atoms with E-state index in [0.29, 0.717) is 75.1 Å². The standard InChI is InChI=1S/C30H34F6N6O3/c1-20(39-45-13-10-40-8-11-44-12-9-40)18-41-6-7-42(24(19-41)17-27-25-4-2-3-5-26(25)37-38-27)28(43)21-14-22(29(31,32)33)16-23(15-21)30(34,35)36/h2-5,14-16,24H,6-13,17-19H2,1H3,(H,37,38). The molecule has 1 N–H and O–H groups in total. The molecule has 244 valence electrons. The van der Waals surface area contributed by atoms with Crippen molar-refractivity contribution in [1.29, 1.82) is 0 Å². The Bertz CT molecular complexity index is 1470. The van der Waals surface area contributed by atoms with Gasteiger partial charge in [-0.25, -0.2) is 0 Å². The highest BCUT2D eigenvalue weighted by atomic mass is 19.4. The van der Waals surface area contributed by atoms with Gasteiger partial charge in [0.1, 0.15) is 6.61 Å². The number of alkyl halides is 6. The zero-order chi connectivity index (χ0) is 32.2. The number of oxime groups is 1. The van der Waals surface area contributed by atoms with E-state index < -0.39 is 41.0 Å². The van der Waals surface area contributed by atoms with Gasteiger partial charge in [-0.3, -0.25) is 19.7 Å². The number of piperazine rings is 1. The summed E-state index contributed by atoms with van der Waals surface area (Å²) in [6.07, 6.45) is -9.88. The van der Waals surface area contributed by atoms with Crippen LogP contribution in [-0.4, -0.2) is 108 Å². The Morgan fingerprint density at radius 2 is 1.69 bits per heavy atom. The Morgan fingerprint density at radius 1 is 1.00 bits per heavy atom. The molecule has 45 heavy (non-hydrogen) atoms. The lowest BCUT2D eigenvalue weighted by atomic mass is 10.00. The minimum atomic E-state index is -5.07. The fourth-order valence-corrected chi connectivity index (χ4v) is 5.66. The van der Waals surface area contributed by atoms with Crippen molar-refractivity contribution in [2.24, 2.45) is 5.16 Å². The van der Waals surface area contributed by atoms with Gasteiger partial charge in [-0.2, -0.15) is 31.4 Å². The second kappa shape index (κ2) is 13.7. The van der Waals surface area contributed by atoms with Gasteiger partial charge in [-0.05, 0) is 31.2 Å². The maximum Gasteiger partial charge on any atom is 0.416 e. The Kier molecular flexibility index (Phi) is 9.99. The zero-order valence-corrected chi connectivity index (χ0v) is 24.6. The van der Waals surface area contributed by atoms with E-state index in [0.717, 1.165) is 18.5 Å². The molecule has 0 saturated carbocycles. The number of nitrogens with one attached hydrogen (secondary N) is 1. The Labute approximate surface area is 255 Å². The number of fused-ring (bicyclic) bond motifs is 1. The number of nitrogens with zero attached hydrogens (tertiary/aromatic N) is 5. The lowest BCUT2D eigenvalue weighted by Gasteiger charge is -2.41. The van der Waals surface area contributed by atoms with Crippen molar-refractivity contribution < 1.29 is 40.7 Å². The largest absolute Gasteiger partial charge is 0.416 e. The SMILES string of the molecule is CC(CN1CCN(C(=O)c2cc(C(F)(F)F)cc(C(F)(F)F)c2)C(Cc2[nH]nc3ccccc23)C1)=NOCCN1CCOCC1. The highest BCUT2D eigenvalue weighted by Gasteiger charge is 2.39. The van der Waals surface area contributed by atoms with E-state index in [1.807, 2.05) is 36.1 Å². The topological polar surface area (TPSA) is 86.3 Å². The zero-order valence-electron chi connectivity index (χ0n) is 24.6. The molecule has 5 rings (SSSR count). The first-order valence-electron chi connectivity index (χ1n) is 14.6. The number of rotatable bonds is 9. The van der Waals surface area contributed by atoms with Gasteiger partial charge in [0.15, 0.2) is 0 Å². The second-order valence-electron chi connectivity index (χ2n) is 11.2. The summed E-state index contributed by atoms with van der Waals surface area (Å²) in [5.74, 6) is -0.906. The minimum absolute atomic E-state index is 0.0219. The molecule has 15 heteroatoms. The van der Waals surface area contributed by atoms with Crippen LogP contribution in [0.4, 0.5) is 26.3 Å². The van der Waals surface area contributed by atoms with E-state index >= 15 is 0 Å². The van der Waals surface area contributed by atoms with Gasteiger partial charge in [0, 0.05) is 68.9 Å². The van der Waals surface area contributed by atoms with Crippen LogP contribution in [0.3, 0.4) is 0 Å². The van der Waals surface area contributed by atoms with Crippen molar-refractivity contribution >= 4 is 22.5 Å². The Morgan fingerprint density at radius 3 is 2.38 bits per heavy atom. The summed E-state index contributed by atoms with van der Waals surface area (Å²) in [7, 11) is 0. The molecule has 1 unspecified atom stereocenters. The summed E-state index contributed by atoms with van der Waals surface area (Å²) < 4.78 is 86.7. The van der Waals surface area contributed by atoms with Crippen molar-refractivity contribution in [2.75, 3.05) is 65.6 Å². The molecule has 1 amide bonds. The number of para-hydroxylation sites is 1. The molecule has 0 aliphatic carbocycles. The third-order valence-corrected chi connectivity index (χ3v) is 7.92. The van der Waals surface area contributed by atoms with E-state index in [9.17, 15) is 31.1 Å². The molecule has 2 aliphatic rings. The van der Waals surface area contributed by atoms with Crippen molar-refractivity contribution in [3.05, 3.63) is 64.8 Å². The van der Waals surface area contributed by atoms with Crippen LogP contribution >= 0.6 is 0 Å². The average molecular weight is 641 g/mol. The van der Waals surface area contributed by atoms with Crippen molar-refractivity contribution in [1.82, 2.24) is 24.9 Å². The second-order valence-corrected chi connectivity index (χ2v) is 11.2. The van der Waals surface area contributed by atoms with Crippen molar-refractivity contribution in [3.63, 3.8) is 0 Å². The molecule has 2 aliphatic heterocycles. The van der Waals surface area contributed by atoms with Gasteiger partial charge in [-0.1, -0.05) is 23.4 Å². The van der Waals surface area contributed by atoms with Gasteiger partial charge in [-0.15, -0.1) is 0 Å². The molecular formula is C30H34F6N6O3. The number of morpholine rings is 1. The fourth-order valence-electron chi connectivity index (χ4n) is 5.66. The first kappa shape index (κ1) is 32.7. The van der Waals surface area contributed by atoms with Crippen LogP contribution in [0.5, 0.6) is 0 Å². The number of amides is 1. The summed E-state index contributed by atoms with van der Waals surface area (Å²) in [6.45, 7) is 7.08. The monoisotopic (exact) mass is 640 g/mol. The van der Waals surface area contributed by atoms with Crippen LogP contribution in [0.1, 0.15) is 34.1 Å². The highest BCUT2D eigenvalue weighted by Crippen LogP contribution is 2.37. The number of H-pyrrole nitrogens is 1. The van der Waals surface area contributed by atoms with Gasteiger partial charge < -0.3 is 14.5 Å². The molecule has 3 heterocycles. The predicted octanol–water partition coefficient (Wildman–Crippen LogP) is 4.69. The van der Waals surface area contributed by atoms with Crippen LogP contribution in [0.25, 0.3) is 10.9 Å². The molecule has 9 nitrogen and oxygen atoms in total. The van der Waals surface area contributed by atoms with Gasteiger partial charge in [0.05, 0.1) is 41.6 Å². The average Bonchev–Trinajstić information content (AvgIpc) is 3.41. The number of ether oxygens (including phenoxy) is 1. The summed E-state index contributed by atoms with van der Waals surface area (Å²) in [6, 6.07) is 7.72. The number of carbonyl (C=O) groups excluding carboxylic acids is 1. The summed E-state index contributed by atoms with van der Waals surface area (Å²) in [5.41, 5.74) is -1.64. The quantitative estimate of drug-likeness (QED) is 0.158. The number of hydrogen-bond acceptors (Lipinski definition) is 7. The van der Waals surface area contributed by atoms with Crippen molar-refractivity contribution in [3.8, 4) is 0 Å². The molecule has 0 bridgehead atoms. The van der Waals surface area contributed by atoms with Gasteiger partial charge in [0.25, 0.3) is 5.91 Å². The summed E-state index contributed by atoms with van der Waals surface area (Å²) in [5, 5.41) is 12.3. The summed E-state index contributed by atoms with van der Waals surface area (Å²) in [4.78, 5) is 24.8. The fraction of sp³-hybridized carbons (Fsp3) is 0.500. The van der Waals surface area contributed by atoms with Crippen LogP contribution in [0.15, 0.2) is 47.6 Å². The van der Waals surface area contributed by atoms with E-state index in [1.54, 1.807) is 0 Å². The molecule has 2 aromatic carbocycles. The van der Waals surface area contributed by atoms with Crippen LogP contribution < -0.4 is 0 Å². The third-order valence-electron chi connectivity index (χ3n) is 7.92. The summed E-state index contributed by atoms with van der Waals surface area (Å²) >= 11 is 0. The Balaban J connectivity index is 1.34. The van der Waals surface area contributed by atoms with E-state index in [2.05, 4.69) is 20.3 Å². The van der Waals surface area contributed by atoms with Crippen LogP contribution in [-0.2, 0) is 28.3 Å². The molecule has 0 radical (unpaired) electrons. The van der Waals surface area contributed by atoms with Crippen LogP contribution in [0.2, 0.25) is 0 Å². The number of aromatic amines is 1. The number of hydrogen-bond donors (Lipinski definition) is 1. The van der Waals surface area contributed by atoms with Gasteiger partial charge >= 0.3 is 12.4 Å². The molecule has 0 spiro atoms. The number of benzene rings is 2. The lowest BCUT2D eigenvalue weighted by molar-refractivity contribution is -0.143. The van der Waals surface area contributed by atoms with E-state index in [1.165, 1.54) is 4.90 Å². The molecule has 3 aromatic rings. The Hall–Kier alpha value is -3.69. The van der Waals surface area contributed by atoms with Gasteiger partial charge in [0.2, 0.25) is 0 Å². The third kappa shape index (κ3) is 8.32. The maximum atomic E-state index is 13.7. The number of aromatic nitrogens is 2. The first-order valence-corrected chi connectivity index (χ1v) is 14.6. The predicted molar refractivity (Wildman–Crippen MR) is 154 cm³/mol. The molecule has 2 saturated heterocycles. The lowest BCUT2D eigenvalue weighted by Crippen LogP contribution is -2.56. The smallest absolute Gasteiger partial charge is 0.394 e.